The minimum absolute atomic E-state index is 0.0268. The number of esters is 1. The van der Waals surface area contributed by atoms with Gasteiger partial charge in [0.05, 0.1) is 20.6 Å². The number of aromatic hydroxyl groups is 3. The zero-order valence-corrected chi connectivity index (χ0v) is 13.1. The molecule has 0 amide bonds. The molecule has 0 atom stereocenters. The second-order valence-corrected chi connectivity index (χ2v) is 4.93. The number of carbonyl (C=O) groups is 2. The summed E-state index contributed by atoms with van der Waals surface area (Å²) in [5.41, 5.74) is -0.183. The summed E-state index contributed by atoms with van der Waals surface area (Å²) in [7, 11) is 2.49. The Kier molecular flexibility index (Phi) is 4.93. The topological polar surface area (TPSA) is 113 Å². The number of phenolic OH excluding ortho intramolecular Hbond substituents is 3. The van der Waals surface area contributed by atoms with E-state index < -0.39 is 23.3 Å². The summed E-state index contributed by atoms with van der Waals surface area (Å²) < 4.78 is 9.59. The van der Waals surface area contributed by atoms with E-state index >= 15 is 0 Å². The van der Waals surface area contributed by atoms with Crippen molar-refractivity contribution in [2.45, 2.75) is 6.42 Å². The summed E-state index contributed by atoms with van der Waals surface area (Å²) in [6.45, 7) is 0. The van der Waals surface area contributed by atoms with E-state index in [-0.39, 0.29) is 34.6 Å². The standard InChI is InChI=1S/C17H16O7/c1-23-13-8-12(19)15(17(22)11(13)7-14(20)24-2)16(21)9-3-5-10(18)6-4-9/h3-6,8,18-19,22H,7H2,1-2H3. The highest BCUT2D eigenvalue weighted by atomic mass is 16.5. The monoisotopic (exact) mass is 332 g/mol. The van der Waals surface area contributed by atoms with Crippen LogP contribution in [0.4, 0.5) is 0 Å². The van der Waals surface area contributed by atoms with Crippen molar-refractivity contribution in [3.63, 3.8) is 0 Å². The highest BCUT2D eigenvalue weighted by molar-refractivity contribution is 6.13. The molecule has 0 aliphatic rings. The molecule has 2 aromatic rings. The number of benzene rings is 2. The van der Waals surface area contributed by atoms with Gasteiger partial charge in [0.15, 0.2) is 0 Å². The van der Waals surface area contributed by atoms with Crippen LogP contribution in [0.15, 0.2) is 30.3 Å². The first-order chi connectivity index (χ1) is 11.4. The van der Waals surface area contributed by atoms with Crippen molar-refractivity contribution in [1.82, 2.24) is 0 Å². The third kappa shape index (κ3) is 3.24. The number of rotatable bonds is 5. The van der Waals surface area contributed by atoms with E-state index in [9.17, 15) is 24.9 Å². The second kappa shape index (κ2) is 6.91. The summed E-state index contributed by atoms with van der Waals surface area (Å²) in [6, 6.07) is 6.45. The van der Waals surface area contributed by atoms with Crippen molar-refractivity contribution < 1.29 is 34.4 Å². The quantitative estimate of drug-likeness (QED) is 0.565. The first-order valence-corrected chi connectivity index (χ1v) is 6.91. The molecular formula is C17H16O7. The van der Waals surface area contributed by atoms with Gasteiger partial charge in [0.25, 0.3) is 0 Å². The highest BCUT2D eigenvalue weighted by Crippen LogP contribution is 2.39. The van der Waals surface area contributed by atoms with Gasteiger partial charge in [0.2, 0.25) is 5.78 Å². The molecule has 24 heavy (non-hydrogen) atoms. The predicted molar refractivity (Wildman–Crippen MR) is 83.6 cm³/mol. The molecule has 7 heteroatoms. The van der Waals surface area contributed by atoms with Crippen molar-refractivity contribution in [2.75, 3.05) is 14.2 Å². The van der Waals surface area contributed by atoms with E-state index in [0.717, 1.165) is 6.07 Å². The molecule has 0 saturated heterocycles. The number of hydrogen-bond donors (Lipinski definition) is 3. The van der Waals surface area contributed by atoms with Crippen LogP contribution >= 0.6 is 0 Å². The van der Waals surface area contributed by atoms with Crippen LogP contribution in [0.2, 0.25) is 0 Å². The molecule has 3 N–H and O–H groups in total. The van der Waals surface area contributed by atoms with Crippen LogP contribution in [0.25, 0.3) is 0 Å². The minimum atomic E-state index is -0.668. The van der Waals surface area contributed by atoms with E-state index in [0.29, 0.717) is 0 Å². The number of hydrogen-bond acceptors (Lipinski definition) is 7. The lowest BCUT2D eigenvalue weighted by Crippen LogP contribution is -2.09. The van der Waals surface area contributed by atoms with Gasteiger partial charge in [-0.2, -0.15) is 0 Å². The summed E-state index contributed by atoms with van der Waals surface area (Å²) in [5.74, 6) is -2.33. The Morgan fingerprint density at radius 3 is 2.21 bits per heavy atom. The van der Waals surface area contributed by atoms with E-state index in [4.69, 9.17) is 4.74 Å². The lowest BCUT2D eigenvalue weighted by Gasteiger charge is -2.14. The van der Waals surface area contributed by atoms with Crippen molar-refractivity contribution in [2.24, 2.45) is 0 Å². The highest BCUT2D eigenvalue weighted by Gasteiger charge is 2.25. The molecule has 0 aliphatic heterocycles. The van der Waals surface area contributed by atoms with Gasteiger partial charge in [-0.15, -0.1) is 0 Å². The molecule has 0 aliphatic carbocycles. The number of ketones is 1. The maximum atomic E-state index is 12.5. The molecule has 126 valence electrons. The maximum absolute atomic E-state index is 12.5. The van der Waals surface area contributed by atoms with Gasteiger partial charge in [-0.05, 0) is 24.3 Å². The minimum Gasteiger partial charge on any atom is -0.508 e. The van der Waals surface area contributed by atoms with E-state index in [1.54, 1.807) is 0 Å². The van der Waals surface area contributed by atoms with Crippen LogP contribution in [0.1, 0.15) is 21.5 Å². The summed E-state index contributed by atoms with van der Waals surface area (Å²) in [5, 5.41) is 29.8. The Balaban J connectivity index is 2.57. The molecule has 2 aromatic carbocycles. The molecule has 0 heterocycles. The Morgan fingerprint density at radius 1 is 1.04 bits per heavy atom. The van der Waals surface area contributed by atoms with Gasteiger partial charge in [-0.1, -0.05) is 0 Å². The van der Waals surface area contributed by atoms with Crippen molar-refractivity contribution in [3.8, 4) is 23.0 Å². The van der Waals surface area contributed by atoms with Crippen LogP contribution in [-0.2, 0) is 16.0 Å². The van der Waals surface area contributed by atoms with Gasteiger partial charge in [-0.3, -0.25) is 9.59 Å². The van der Waals surface area contributed by atoms with Gasteiger partial charge in [0.1, 0.15) is 28.6 Å². The molecule has 0 fully saturated rings. The Bertz CT molecular complexity index is 779. The van der Waals surface area contributed by atoms with Crippen LogP contribution in [0, 0.1) is 0 Å². The third-order valence-corrected chi connectivity index (χ3v) is 3.47. The number of phenols is 3. The van der Waals surface area contributed by atoms with E-state index in [1.807, 2.05) is 0 Å². The molecule has 0 saturated carbocycles. The van der Waals surface area contributed by atoms with Crippen molar-refractivity contribution in [1.29, 1.82) is 0 Å². The van der Waals surface area contributed by atoms with E-state index in [1.165, 1.54) is 38.5 Å². The van der Waals surface area contributed by atoms with Gasteiger partial charge < -0.3 is 24.8 Å². The summed E-state index contributed by atoms with van der Waals surface area (Å²) in [4.78, 5) is 24.1. The molecule has 0 unspecified atom stereocenters. The predicted octanol–water partition coefficient (Wildman–Crippen LogP) is 1.76. The SMILES string of the molecule is COC(=O)Cc1c(OC)cc(O)c(C(=O)c2ccc(O)cc2)c1O. The molecule has 2 rings (SSSR count). The Labute approximate surface area is 137 Å². The fraction of sp³-hybridized carbons (Fsp3) is 0.176. The third-order valence-electron chi connectivity index (χ3n) is 3.47. The molecule has 0 aromatic heterocycles. The summed E-state index contributed by atoms with van der Waals surface area (Å²) in [6.07, 6.45) is -0.332. The molecular weight excluding hydrogens is 316 g/mol. The lowest BCUT2D eigenvalue weighted by molar-refractivity contribution is -0.139. The van der Waals surface area contributed by atoms with Gasteiger partial charge >= 0.3 is 5.97 Å². The van der Waals surface area contributed by atoms with Crippen molar-refractivity contribution >= 4 is 11.8 Å². The Hall–Kier alpha value is -3.22. The van der Waals surface area contributed by atoms with E-state index in [2.05, 4.69) is 4.74 Å². The zero-order chi connectivity index (χ0) is 17.9. The number of ether oxygens (including phenoxy) is 2. The molecule has 7 nitrogen and oxygen atoms in total. The van der Waals surface area contributed by atoms with Crippen LogP contribution in [0.3, 0.4) is 0 Å². The first-order valence-electron chi connectivity index (χ1n) is 6.91. The zero-order valence-electron chi connectivity index (χ0n) is 13.1. The smallest absolute Gasteiger partial charge is 0.310 e. The first kappa shape index (κ1) is 17.1. The molecule has 0 radical (unpaired) electrons. The number of carbonyl (C=O) groups excluding carboxylic acids is 2. The van der Waals surface area contributed by atoms with Crippen molar-refractivity contribution in [3.05, 3.63) is 47.0 Å². The maximum Gasteiger partial charge on any atom is 0.310 e. The fourth-order valence-corrected chi connectivity index (χ4v) is 2.22. The summed E-state index contributed by atoms with van der Waals surface area (Å²) >= 11 is 0. The average Bonchev–Trinajstić information content (AvgIpc) is 2.57. The van der Waals surface area contributed by atoms with Crippen LogP contribution in [0.5, 0.6) is 23.0 Å². The molecule has 0 bridgehead atoms. The fourth-order valence-electron chi connectivity index (χ4n) is 2.22. The normalized spacial score (nSPS) is 10.2. The average molecular weight is 332 g/mol. The van der Waals surface area contributed by atoms with Gasteiger partial charge in [0, 0.05) is 17.2 Å². The van der Waals surface area contributed by atoms with Gasteiger partial charge in [-0.25, -0.2) is 0 Å². The number of methoxy groups -OCH3 is 2. The van der Waals surface area contributed by atoms with Crippen LogP contribution in [-0.4, -0.2) is 41.3 Å². The van der Waals surface area contributed by atoms with Crippen LogP contribution < -0.4 is 4.74 Å². The Morgan fingerprint density at radius 2 is 1.67 bits per heavy atom. The lowest BCUT2D eigenvalue weighted by atomic mass is 9.96. The largest absolute Gasteiger partial charge is 0.508 e. The molecule has 0 spiro atoms. The second-order valence-electron chi connectivity index (χ2n) is 4.93.